The molecule has 1 heterocycles. The highest BCUT2D eigenvalue weighted by atomic mass is 32.2. The van der Waals surface area contributed by atoms with Crippen molar-refractivity contribution < 1.29 is 4.42 Å². The summed E-state index contributed by atoms with van der Waals surface area (Å²) in [5.74, 6) is 2.15. The average molecular weight is 270 g/mol. The van der Waals surface area contributed by atoms with Gasteiger partial charge in [-0.05, 0) is 51.0 Å². The number of likely N-dealkylation sites (N-methyl/N-ethyl adjacent to an activating group) is 1. The fourth-order valence-electron chi connectivity index (χ4n) is 2.16. The standard InChI is InChI=1S/C14H26N2OS/c1-5-12(15)14(13-7-6-9-17-13)16(3)11(2)8-10-18-4/h6-7,9,11-12,14H,5,8,10,15H2,1-4H3. The quantitative estimate of drug-likeness (QED) is 0.788. The summed E-state index contributed by atoms with van der Waals surface area (Å²) >= 11 is 1.89. The molecule has 0 radical (unpaired) electrons. The zero-order valence-corrected chi connectivity index (χ0v) is 12.7. The predicted molar refractivity (Wildman–Crippen MR) is 79.9 cm³/mol. The number of nitrogens with two attached hydrogens (primary N) is 1. The summed E-state index contributed by atoms with van der Waals surface area (Å²) in [4.78, 5) is 2.35. The first-order valence-electron chi connectivity index (χ1n) is 6.61. The van der Waals surface area contributed by atoms with Crippen LogP contribution in [0, 0.1) is 0 Å². The minimum atomic E-state index is 0.109. The van der Waals surface area contributed by atoms with Gasteiger partial charge >= 0.3 is 0 Å². The molecular formula is C14H26N2OS. The Labute approximate surface area is 115 Å². The van der Waals surface area contributed by atoms with Crippen molar-refractivity contribution in [1.82, 2.24) is 4.90 Å². The van der Waals surface area contributed by atoms with Gasteiger partial charge < -0.3 is 10.2 Å². The highest BCUT2D eigenvalue weighted by Gasteiger charge is 2.28. The molecule has 0 aliphatic rings. The molecule has 3 nitrogen and oxygen atoms in total. The van der Waals surface area contributed by atoms with Gasteiger partial charge in [0.05, 0.1) is 12.3 Å². The van der Waals surface area contributed by atoms with Crippen LogP contribution in [0.25, 0.3) is 0 Å². The van der Waals surface area contributed by atoms with Crippen LogP contribution in [0.2, 0.25) is 0 Å². The maximum atomic E-state index is 6.27. The topological polar surface area (TPSA) is 42.4 Å². The number of hydrogen-bond acceptors (Lipinski definition) is 4. The Hall–Kier alpha value is -0.450. The van der Waals surface area contributed by atoms with E-state index < -0.39 is 0 Å². The van der Waals surface area contributed by atoms with E-state index in [1.807, 2.05) is 23.9 Å². The first kappa shape index (κ1) is 15.6. The van der Waals surface area contributed by atoms with Crippen LogP contribution in [-0.2, 0) is 0 Å². The SMILES string of the molecule is CCC(N)C(c1ccco1)N(C)C(C)CCSC. The average Bonchev–Trinajstić information content (AvgIpc) is 2.89. The van der Waals surface area contributed by atoms with Gasteiger partial charge in [0.25, 0.3) is 0 Å². The molecule has 0 spiro atoms. The van der Waals surface area contributed by atoms with E-state index in [0.29, 0.717) is 6.04 Å². The summed E-state index contributed by atoms with van der Waals surface area (Å²) in [6.07, 6.45) is 6.00. The lowest BCUT2D eigenvalue weighted by molar-refractivity contribution is 0.136. The fourth-order valence-corrected chi connectivity index (χ4v) is 2.74. The van der Waals surface area contributed by atoms with E-state index in [4.69, 9.17) is 10.2 Å². The monoisotopic (exact) mass is 270 g/mol. The van der Waals surface area contributed by atoms with Gasteiger partial charge in [-0.1, -0.05) is 6.92 Å². The predicted octanol–water partition coefficient (Wildman–Crippen LogP) is 3.13. The molecule has 0 saturated carbocycles. The maximum absolute atomic E-state index is 6.27. The van der Waals surface area contributed by atoms with Crippen LogP contribution in [0.15, 0.2) is 22.8 Å². The van der Waals surface area contributed by atoms with Crippen LogP contribution in [0.5, 0.6) is 0 Å². The fraction of sp³-hybridized carbons (Fsp3) is 0.714. The molecule has 0 aromatic carbocycles. The molecular weight excluding hydrogens is 244 g/mol. The Balaban J connectivity index is 2.76. The van der Waals surface area contributed by atoms with Crippen LogP contribution in [0.4, 0.5) is 0 Å². The Morgan fingerprint density at radius 3 is 2.72 bits per heavy atom. The largest absolute Gasteiger partial charge is 0.468 e. The molecule has 0 aliphatic carbocycles. The number of rotatable bonds is 8. The first-order valence-corrected chi connectivity index (χ1v) is 8.01. The lowest BCUT2D eigenvalue weighted by atomic mass is 10.0. The molecule has 4 heteroatoms. The van der Waals surface area contributed by atoms with Crippen molar-refractivity contribution in [2.45, 2.75) is 44.8 Å². The third kappa shape index (κ3) is 4.04. The molecule has 2 N–H and O–H groups in total. The number of thioether (sulfide) groups is 1. The Morgan fingerprint density at radius 2 is 2.22 bits per heavy atom. The van der Waals surface area contributed by atoms with Crippen LogP contribution in [-0.4, -0.2) is 36.0 Å². The summed E-state index contributed by atoms with van der Waals surface area (Å²) in [6, 6.07) is 4.74. The van der Waals surface area contributed by atoms with E-state index in [-0.39, 0.29) is 12.1 Å². The first-order chi connectivity index (χ1) is 8.61. The molecule has 1 aromatic rings. The highest BCUT2D eigenvalue weighted by molar-refractivity contribution is 7.98. The second kappa shape index (κ2) is 7.87. The summed E-state index contributed by atoms with van der Waals surface area (Å²) in [6.45, 7) is 4.38. The van der Waals surface area contributed by atoms with Crippen LogP contribution in [0.3, 0.4) is 0 Å². The Morgan fingerprint density at radius 1 is 1.50 bits per heavy atom. The van der Waals surface area contributed by atoms with E-state index in [2.05, 4.69) is 32.1 Å². The molecule has 3 atom stereocenters. The Kier molecular flexibility index (Phi) is 6.82. The van der Waals surface area contributed by atoms with Gasteiger partial charge in [0.1, 0.15) is 5.76 Å². The van der Waals surface area contributed by atoms with Crippen LogP contribution >= 0.6 is 11.8 Å². The summed E-state index contributed by atoms with van der Waals surface area (Å²) in [7, 11) is 2.15. The molecule has 1 aromatic heterocycles. The molecule has 18 heavy (non-hydrogen) atoms. The number of hydrogen-bond donors (Lipinski definition) is 1. The van der Waals surface area contributed by atoms with Crippen molar-refractivity contribution in [3.8, 4) is 0 Å². The highest BCUT2D eigenvalue weighted by Crippen LogP contribution is 2.27. The second-order valence-electron chi connectivity index (χ2n) is 4.83. The zero-order valence-electron chi connectivity index (χ0n) is 11.9. The van der Waals surface area contributed by atoms with Gasteiger partial charge in [0, 0.05) is 12.1 Å². The van der Waals surface area contributed by atoms with E-state index in [0.717, 1.165) is 12.2 Å². The molecule has 0 aliphatic heterocycles. The molecule has 0 bridgehead atoms. The lowest BCUT2D eigenvalue weighted by Gasteiger charge is -2.35. The third-order valence-corrected chi connectivity index (χ3v) is 4.23. The molecule has 0 amide bonds. The minimum absolute atomic E-state index is 0.109. The lowest BCUT2D eigenvalue weighted by Crippen LogP contribution is -2.43. The minimum Gasteiger partial charge on any atom is -0.468 e. The van der Waals surface area contributed by atoms with Crippen molar-refractivity contribution in [2.24, 2.45) is 5.73 Å². The molecule has 3 unspecified atom stereocenters. The van der Waals surface area contributed by atoms with Gasteiger partial charge in [-0.15, -0.1) is 0 Å². The van der Waals surface area contributed by atoms with E-state index in [1.165, 1.54) is 12.2 Å². The second-order valence-corrected chi connectivity index (χ2v) is 5.81. The van der Waals surface area contributed by atoms with E-state index in [1.54, 1.807) is 6.26 Å². The van der Waals surface area contributed by atoms with Crippen LogP contribution in [0.1, 0.15) is 38.5 Å². The van der Waals surface area contributed by atoms with Crippen molar-refractivity contribution in [1.29, 1.82) is 0 Å². The zero-order chi connectivity index (χ0) is 13.5. The van der Waals surface area contributed by atoms with E-state index in [9.17, 15) is 0 Å². The van der Waals surface area contributed by atoms with Gasteiger partial charge in [-0.2, -0.15) is 11.8 Å². The van der Waals surface area contributed by atoms with Crippen molar-refractivity contribution in [3.05, 3.63) is 24.2 Å². The van der Waals surface area contributed by atoms with Gasteiger partial charge in [0.2, 0.25) is 0 Å². The van der Waals surface area contributed by atoms with Gasteiger partial charge in [0.15, 0.2) is 0 Å². The normalized spacial score (nSPS) is 16.8. The molecule has 104 valence electrons. The summed E-state index contributed by atoms with van der Waals surface area (Å²) in [5.41, 5.74) is 6.27. The Bertz CT molecular complexity index is 316. The van der Waals surface area contributed by atoms with Gasteiger partial charge in [-0.3, -0.25) is 4.90 Å². The third-order valence-electron chi connectivity index (χ3n) is 3.59. The van der Waals surface area contributed by atoms with Gasteiger partial charge in [-0.25, -0.2) is 0 Å². The van der Waals surface area contributed by atoms with Crippen LogP contribution < -0.4 is 5.73 Å². The summed E-state index contributed by atoms with van der Waals surface area (Å²) < 4.78 is 5.57. The van der Waals surface area contributed by atoms with Crippen molar-refractivity contribution in [2.75, 3.05) is 19.1 Å². The smallest absolute Gasteiger partial charge is 0.122 e. The van der Waals surface area contributed by atoms with Crippen molar-refractivity contribution >= 4 is 11.8 Å². The molecule has 0 fully saturated rings. The number of furan rings is 1. The summed E-state index contributed by atoms with van der Waals surface area (Å²) in [5, 5.41) is 0. The van der Waals surface area contributed by atoms with E-state index >= 15 is 0 Å². The molecule has 0 saturated heterocycles. The van der Waals surface area contributed by atoms with Crippen molar-refractivity contribution in [3.63, 3.8) is 0 Å². The number of nitrogens with zero attached hydrogens (tertiary/aromatic N) is 1. The molecule has 1 rings (SSSR count). The maximum Gasteiger partial charge on any atom is 0.122 e.